The number of alkyl halides is 3. The molecule has 0 bridgehead atoms. The molecule has 1 aromatic carbocycles. The van der Waals surface area contributed by atoms with Crippen molar-refractivity contribution in [1.29, 1.82) is 0 Å². The minimum absolute atomic E-state index is 0.0402. The van der Waals surface area contributed by atoms with Crippen molar-refractivity contribution in [2.45, 2.75) is 33.6 Å². The van der Waals surface area contributed by atoms with Gasteiger partial charge in [0.05, 0.1) is 17.5 Å². The largest absolute Gasteiger partial charge is 0.573 e. The summed E-state index contributed by atoms with van der Waals surface area (Å²) >= 11 is 0. The number of benzene rings is 1. The molecular weight excluding hydrogens is 427 g/mol. The van der Waals surface area contributed by atoms with E-state index in [1.165, 1.54) is 16.7 Å². The zero-order chi connectivity index (χ0) is 23.7. The van der Waals surface area contributed by atoms with Crippen LogP contribution >= 0.6 is 0 Å². The summed E-state index contributed by atoms with van der Waals surface area (Å²) in [5, 5.41) is 0.479. The summed E-state index contributed by atoms with van der Waals surface area (Å²) in [6.45, 7) is 5.40. The summed E-state index contributed by atoms with van der Waals surface area (Å²) < 4.78 is 48.5. The number of amides is 1. The van der Waals surface area contributed by atoms with Crippen molar-refractivity contribution in [2.24, 2.45) is 11.1 Å². The second-order valence-corrected chi connectivity index (χ2v) is 7.77. The fraction of sp³-hybridized carbons (Fsp3) is 0.318. The fourth-order valence-corrected chi connectivity index (χ4v) is 3.35. The Hall–Kier alpha value is -3.56. The van der Waals surface area contributed by atoms with Crippen molar-refractivity contribution in [3.05, 3.63) is 53.9 Å². The summed E-state index contributed by atoms with van der Waals surface area (Å²) in [5.74, 6) is -1.35. The molecule has 0 aliphatic rings. The Balaban J connectivity index is 2.09. The highest BCUT2D eigenvalue weighted by Crippen LogP contribution is 2.31. The highest BCUT2D eigenvalue weighted by molar-refractivity contribution is 5.99. The Morgan fingerprint density at radius 2 is 1.84 bits per heavy atom. The lowest BCUT2D eigenvalue weighted by Crippen LogP contribution is -2.29. The third-order valence-corrected chi connectivity index (χ3v) is 4.73. The third kappa shape index (κ3) is 5.01. The third-order valence-electron chi connectivity index (χ3n) is 4.73. The van der Waals surface area contributed by atoms with E-state index in [0.29, 0.717) is 11.1 Å². The van der Waals surface area contributed by atoms with Crippen molar-refractivity contribution < 1.29 is 32.2 Å². The number of hydrogen-bond acceptors (Lipinski definition) is 5. The summed E-state index contributed by atoms with van der Waals surface area (Å²) in [6, 6.07) is 10.1. The number of hydrogen-bond donors (Lipinski definition) is 1. The van der Waals surface area contributed by atoms with E-state index in [1.807, 2.05) is 0 Å². The number of halogens is 3. The maximum absolute atomic E-state index is 12.7. The van der Waals surface area contributed by atoms with Gasteiger partial charge in [0.15, 0.2) is 0 Å². The van der Waals surface area contributed by atoms with E-state index in [0.717, 1.165) is 12.1 Å². The number of nitrogens with zero attached hydrogens (tertiary/aromatic N) is 2. The van der Waals surface area contributed by atoms with Crippen LogP contribution in [0.4, 0.5) is 13.2 Å². The minimum Gasteiger partial charge on any atom is -0.466 e. The molecule has 0 atom stereocenters. The topological polar surface area (TPSA) is 96.4 Å². The van der Waals surface area contributed by atoms with Gasteiger partial charge in [-0.15, -0.1) is 13.2 Å². The van der Waals surface area contributed by atoms with Gasteiger partial charge in [0.1, 0.15) is 17.3 Å². The molecule has 2 N–H and O–H groups in total. The maximum Gasteiger partial charge on any atom is 0.573 e. The molecule has 0 unspecified atom stereocenters. The Kier molecular flexibility index (Phi) is 6.16. The van der Waals surface area contributed by atoms with Gasteiger partial charge in [-0.05, 0) is 51.1 Å². The molecule has 0 radical (unpaired) electrons. The summed E-state index contributed by atoms with van der Waals surface area (Å²) in [4.78, 5) is 28.8. The molecule has 3 rings (SSSR count). The average Bonchev–Trinajstić information content (AvgIpc) is 3.06. The van der Waals surface area contributed by atoms with Crippen LogP contribution in [0.15, 0.2) is 42.5 Å². The van der Waals surface area contributed by atoms with Gasteiger partial charge in [-0.2, -0.15) is 0 Å². The van der Waals surface area contributed by atoms with Crippen molar-refractivity contribution >= 4 is 22.8 Å². The lowest BCUT2D eigenvalue weighted by Gasteiger charge is -2.22. The van der Waals surface area contributed by atoms with Crippen LogP contribution in [-0.4, -0.2) is 34.4 Å². The second kappa shape index (κ2) is 8.52. The first-order chi connectivity index (χ1) is 14.9. The van der Waals surface area contributed by atoms with Gasteiger partial charge in [0.25, 0.3) is 5.91 Å². The van der Waals surface area contributed by atoms with Crippen LogP contribution in [0.3, 0.4) is 0 Å². The molecule has 170 valence electrons. The number of carbonyl (C=O) groups is 2. The molecule has 2 heterocycles. The first-order valence-corrected chi connectivity index (χ1v) is 9.76. The van der Waals surface area contributed by atoms with E-state index in [2.05, 4.69) is 9.72 Å². The summed E-state index contributed by atoms with van der Waals surface area (Å²) in [7, 11) is 0. The van der Waals surface area contributed by atoms with Crippen molar-refractivity contribution in [1.82, 2.24) is 9.55 Å². The van der Waals surface area contributed by atoms with Crippen LogP contribution in [0, 0.1) is 5.41 Å². The second-order valence-electron chi connectivity index (χ2n) is 7.77. The van der Waals surface area contributed by atoms with Gasteiger partial charge in [-0.3, -0.25) is 14.2 Å². The zero-order valence-electron chi connectivity index (χ0n) is 17.7. The van der Waals surface area contributed by atoms with Gasteiger partial charge in [-0.1, -0.05) is 6.07 Å². The van der Waals surface area contributed by atoms with E-state index in [-0.39, 0.29) is 36.0 Å². The van der Waals surface area contributed by atoms with Crippen molar-refractivity contribution in [2.75, 3.05) is 6.61 Å². The molecule has 0 aliphatic carbocycles. The molecule has 10 heteroatoms. The molecular formula is C22H22F3N3O4. The number of pyridine rings is 1. The number of rotatable bonds is 7. The predicted octanol–water partition coefficient (Wildman–Crippen LogP) is 4.15. The number of carbonyl (C=O) groups excluding carboxylic acids is 2. The summed E-state index contributed by atoms with van der Waals surface area (Å²) in [5.41, 5.74) is 5.48. The highest BCUT2D eigenvalue weighted by Gasteiger charge is 2.32. The van der Waals surface area contributed by atoms with Gasteiger partial charge in [0.2, 0.25) is 0 Å². The summed E-state index contributed by atoms with van der Waals surface area (Å²) in [6.07, 6.45) is -4.62. The molecule has 0 fully saturated rings. The highest BCUT2D eigenvalue weighted by atomic mass is 19.4. The first kappa shape index (κ1) is 23.1. The molecule has 1 amide bonds. The number of primary amides is 1. The van der Waals surface area contributed by atoms with Crippen LogP contribution in [0.1, 0.15) is 37.0 Å². The standard InChI is InChI=1S/C22H22F3N3O4/c1-4-31-20(30)21(2,3)12-14-6-5-7-18(27-14)28-16-11-15(32-22(23,24)25)9-8-13(16)10-17(28)19(26)29/h5-11H,4,12H2,1-3H3,(H2,26,29). The Morgan fingerprint density at radius 1 is 1.12 bits per heavy atom. The van der Waals surface area contributed by atoms with Gasteiger partial charge < -0.3 is 15.2 Å². The van der Waals surface area contributed by atoms with E-state index in [1.54, 1.807) is 39.0 Å². The van der Waals surface area contributed by atoms with Crippen LogP contribution in [-0.2, 0) is 16.0 Å². The SMILES string of the molecule is CCOC(=O)C(C)(C)Cc1cccc(-n2c(C(N)=O)cc3ccc(OC(F)(F)F)cc32)n1. The van der Waals surface area contributed by atoms with E-state index < -0.39 is 23.4 Å². The number of nitrogens with two attached hydrogens (primary N) is 1. The molecule has 0 spiro atoms. The van der Waals surface area contributed by atoms with Gasteiger partial charge in [0, 0.05) is 23.6 Å². The predicted molar refractivity (Wildman–Crippen MR) is 110 cm³/mol. The number of fused-ring (bicyclic) bond motifs is 1. The number of esters is 1. The lowest BCUT2D eigenvalue weighted by molar-refractivity contribution is -0.274. The monoisotopic (exact) mass is 449 g/mol. The molecule has 3 aromatic rings. The Labute approximate surface area is 181 Å². The lowest BCUT2D eigenvalue weighted by atomic mass is 9.88. The van der Waals surface area contributed by atoms with Crippen LogP contribution < -0.4 is 10.5 Å². The van der Waals surface area contributed by atoms with Crippen LogP contribution in [0.5, 0.6) is 5.75 Å². The molecule has 0 saturated heterocycles. The molecule has 7 nitrogen and oxygen atoms in total. The van der Waals surface area contributed by atoms with Crippen LogP contribution in [0.25, 0.3) is 16.7 Å². The quantitative estimate of drug-likeness (QED) is 0.547. The van der Waals surface area contributed by atoms with Crippen molar-refractivity contribution in [3.8, 4) is 11.6 Å². The normalized spacial score (nSPS) is 12.1. The van der Waals surface area contributed by atoms with Gasteiger partial charge >= 0.3 is 12.3 Å². The maximum atomic E-state index is 12.7. The molecule has 0 aliphatic heterocycles. The molecule has 0 saturated carbocycles. The number of aromatic nitrogens is 2. The smallest absolute Gasteiger partial charge is 0.466 e. The van der Waals surface area contributed by atoms with E-state index >= 15 is 0 Å². The first-order valence-electron chi connectivity index (χ1n) is 9.76. The zero-order valence-corrected chi connectivity index (χ0v) is 17.7. The Morgan fingerprint density at radius 3 is 2.47 bits per heavy atom. The minimum atomic E-state index is -4.87. The van der Waals surface area contributed by atoms with Crippen LogP contribution in [0.2, 0.25) is 0 Å². The fourth-order valence-electron chi connectivity index (χ4n) is 3.35. The van der Waals surface area contributed by atoms with Crippen molar-refractivity contribution in [3.63, 3.8) is 0 Å². The molecule has 32 heavy (non-hydrogen) atoms. The van der Waals surface area contributed by atoms with E-state index in [9.17, 15) is 22.8 Å². The van der Waals surface area contributed by atoms with Gasteiger partial charge in [-0.25, -0.2) is 4.98 Å². The average molecular weight is 449 g/mol. The van der Waals surface area contributed by atoms with E-state index in [4.69, 9.17) is 10.5 Å². The Bertz CT molecular complexity index is 1170. The number of ether oxygens (including phenoxy) is 2. The molecule has 2 aromatic heterocycles.